The van der Waals surface area contributed by atoms with Gasteiger partial charge in [0.25, 0.3) is 0 Å². The van der Waals surface area contributed by atoms with Crippen molar-refractivity contribution in [1.29, 1.82) is 0 Å². The van der Waals surface area contributed by atoms with Crippen molar-refractivity contribution in [2.75, 3.05) is 10.6 Å². The van der Waals surface area contributed by atoms with E-state index in [1.165, 1.54) is 26.0 Å². The third-order valence-corrected chi connectivity index (χ3v) is 3.42. The molecule has 2 amide bonds. The molecular weight excluding hydrogens is 321 g/mol. The van der Waals surface area contributed by atoms with Crippen LogP contribution in [0.15, 0.2) is 42.5 Å². The van der Waals surface area contributed by atoms with Gasteiger partial charge < -0.3 is 10.6 Å². The van der Waals surface area contributed by atoms with Gasteiger partial charge in [0.2, 0.25) is 11.8 Å². The number of amides is 2. The molecule has 24 heavy (non-hydrogen) atoms. The van der Waals surface area contributed by atoms with Crippen LogP contribution in [-0.4, -0.2) is 11.8 Å². The summed E-state index contributed by atoms with van der Waals surface area (Å²) in [5.74, 6) is -3.62. The van der Waals surface area contributed by atoms with Crippen molar-refractivity contribution in [1.82, 2.24) is 0 Å². The Balaban J connectivity index is 2.11. The van der Waals surface area contributed by atoms with Gasteiger partial charge >= 0.3 is 0 Å². The average molecular weight is 336 g/mol. The molecule has 0 saturated carbocycles. The van der Waals surface area contributed by atoms with Crippen LogP contribution < -0.4 is 10.6 Å². The highest BCUT2D eigenvalue weighted by molar-refractivity contribution is 6.14. The van der Waals surface area contributed by atoms with Crippen LogP contribution >= 0.6 is 0 Å². The number of carbonyl (C=O) groups is 2. The van der Waals surface area contributed by atoms with Gasteiger partial charge in [-0.25, -0.2) is 13.2 Å². The van der Waals surface area contributed by atoms with Crippen molar-refractivity contribution < 1.29 is 22.8 Å². The second kappa shape index (κ2) is 6.74. The minimum Gasteiger partial charge on any atom is -0.325 e. The molecule has 2 rings (SSSR count). The molecular formula is C17H15F3N2O2. The van der Waals surface area contributed by atoms with E-state index < -0.39 is 34.7 Å². The van der Waals surface area contributed by atoms with E-state index in [1.54, 1.807) is 0 Å². The predicted octanol–water partition coefficient (Wildman–Crippen LogP) is 3.71. The Morgan fingerprint density at radius 2 is 1.38 bits per heavy atom. The number of nitrogens with one attached hydrogen (secondary N) is 2. The van der Waals surface area contributed by atoms with Crippen LogP contribution in [0.2, 0.25) is 0 Å². The van der Waals surface area contributed by atoms with Gasteiger partial charge in [0, 0.05) is 11.8 Å². The van der Waals surface area contributed by atoms with Crippen LogP contribution in [0.1, 0.15) is 13.8 Å². The molecule has 0 saturated heterocycles. The Morgan fingerprint density at radius 3 is 1.96 bits per heavy atom. The molecule has 0 aliphatic heterocycles. The van der Waals surface area contributed by atoms with Gasteiger partial charge in [-0.15, -0.1) is 0 Å². The fourth-order valence-corrected chi connectivity index (χ4v) is 1.79. The molecule has 0 aliphatic rings. The van der Waals surface area contributed by atoms with Gasteiger partial charge in [-0.05, 0) is 50.2 Å². The monoisotopic (exact) mass is 336 g/mol. The van der Waals surface area contributed by atoms with E-state index >= 15 is 0 Å². The minimum atomic E-state index is -1.55. The summed E-state index contributed by atoms with van der Waals surface area (Å²) in [6, 6.07) is 7.71. The molecule has 0 unspecified atom stereocenters. The van der Waals surface area contributed by atoms with Gasteiger partial charge in [-0.3, -0.25) is 9.59 Å². The van der Waals surface area contributed by atoms with E-state index in [0.29, 0.717) is 11.8 Å². The molecule has 2 N–H and O–H groups in total. The highest BCUT2D eigenvalue weighted by Crippen LogP contribution is 2.23. The van der Waals surface area contributed by atoms with Crippen molar-refractivity contribution in [3.63, 3.8) is 0 Å². The molecule has 4 nitrogen and oxygen atoms in total. The van der Waals surface area contributed by atoms with Crippen molar-refractivity contribution in [3.05, 3.63) is 59.9 Å². The van der Waals surface area contributed by atoms with Crippen LogP contribution in [0.5, 0.6) is 0 Å². The second-order valence-electron chi connectivity index (χ2n) is 5.66. The maximum Gasteiger partial charge on any atom is 0.239 e. The normalized spacial score (nSPS) is 11.0. The molecule has 0 heterocycles. The van der Waals surface area contributed by atoms with E-state index in [4.69, 9.17) is 0 Å². The number of carbonyl (C=O) groups excluding carboxylic acids is 2. The highest BCUT2D eigenvalue weighted by atomic mass is 19.1. The number of hydrogen-bond donors (Lipinski definition) is 2. The summed E-state index contributed by atoms with van der Waals surface area (Å²) in [5.41, 5.74) is -1.46. The molecule has 7 heteroatoms. The molecule has 0 bridgehead atoms. The van der Waals surface area contributed by atoms with Crippen LogP contribution in [0, 0.1) is 22.9 Å². The van der Waals surface area contributed by atoms with E-state index in [2.05, 4.69) is 10.6 Å². The molecule has 2 aromatic rings. The van der Waals surface area contributed by atoms with Crippen LogP contribution in [0.25, 0.3) is 0 Å². The first-order chi connectivity index (χ1) is 11.2. The maximum absolute atomic E-state index is 13.6. The summed E-state index contributed by atoms with van der Waals surface area (Å²) in [7, 11) is 0. The molecule has 0 aromatic heterocycles. The largest absolute Gasteiger partial charge is 0.325 e. The Morgan fingerprint density at radius 1 is 0.833 bits per heavy atom. The Hall–Kier alpha value is -2.83. The summed E-state index contributed by atoms with van der Waals surface area (Å²) in [6.07, 6.45) is 0. The molecule has 2 aromatic carbocycles. The lowest BCUT2D eigenvalue weighted by Gasteiger charge is -2.23. The van der Waals surface area contributed by atoms with Gasteiger partial charge in [0.1, 0.15) is 22.9 Å². The van der Waals surface area contributed by atoms with Gasteiger partial charge in [-0.2, -0.15) is 0 Å². The van der Waals surface area contributed by atoms with Crippen LogP contribution in [0.3, 0.4) is 0 Å². The quantitative estimate of drug-likeness (QED) is 0.836. The van der Waals surface area contributed by atoms with Crippen molar-refractivity contribution in [2.45, 2.75) is 13.8 Å². The summed E-state index contributed by atoms with van der Waals surface area (Å²) in [6.45, 7) is 2.70. The molecule has 126 valence electrons. The maximum atomic E-state index is 13.6. The lowest BCUT2D eigenvalue weighted by molar-refractivity contribution is -0.135. The van der Waals surface area contributed by atoms with Gasteiger partial charge in [-0.1, -0.05) is 0 Å². The van der Waals surface area contributed by atoms with Crippen molar-refractivity contribution in [2.24, 2.45) is 5.41 Å². The molecule has 0 spiro atoms. The molecule has 0 radical (unpaired) electrons. The first-order valence-electron chi connectivity index (χ1n) is 7.03. The molecule has 0 aliphatic carbocycles. The topological polar surface area (TPSA) is 58.2 Å². The number of halogens is 3. The number of benzene rings is 2. The van der Waals surface area contributed by atoms with E-state index in [1.807, 2.05) is 0 Å². The van der Waals surface area contributed by atoms with E-state index in [9.17, 15) is 22.8 Å². The minimum absolute atomic E-state index is 0.232. The van der Waals surface area contributed by atoms with E-state index in [0.717, 1.165) is 24.3 Å². The van der Waals surface area contributed by atoms with Crippen molar-refractivity contribution in [3.8, 4) is 0 Å². The zero-order valence-electron chi connectivity index (χ0n) is 13.0. The Kier molecular flexibility index (Phi) is 4.92. The third-order valence-electron chi connectivity index (χ3n) is 3.42. The Labute approximate surface area is 136 Å². The second-order valence-corrected chi connectivity index (χ2v) is 5.66. The zero-order valence-corrected chi connectivity index (χ0v) is 13.0. The van der Waals surface area contributed by atoms with E-state index in [-0.39, 0.29) is 5.69 Å². The number of hydrogen-bond acceptors (Lipinski definition) is 2. The first kappa shape index (κ1) is 17.5. The highest BCUT2D eigenvalue weighted by Gasteiger charge is 2.36. The number of anilines is 2. The SMILES string of the molecule is CC(C)(C(=O)Nc1ccc(F)cc1)C(=O)Nc1ccc(F)cc1F. The fraction of sp³-hybridized carbons (Fsp3) is 0.176. The lowest BCUT2D eigenvalue weighted by Crippen LogP contribution is -2.41. The standard InChI is InChI=1S/C17H15F3N2O2/c1-17(2,15(23)21-12-6-3-10(18)4-7-12)16(24)22-14-8-5-11(19)9-13(14)20/h3-9H,1-2H3,(H,21,23)(H,22,24). The summed E-state index contributed by atoms with van der Waals surface area (Å²) in [4.78, 5) is 24.5. The zero-order chi connectivity index (χ0) is 17.9. The molecule has 0 fully saturated rings. The van der Waals surface area contributed by atoms with Crippen LogP contribution in [-0.2, 0) is 9.59 Å². The van der Waals surface area contributed by atoms with Crippen LogP contribution in [0.4, 0.5) is 24.5 Å². The van der Waals surface area contributed by atoms with Gasteiger partial charge in [0.15, 0.2) is 0 Å². The number of rotatable bonds is 4. The predicted molar refractivity (Wildman–Crippen MR) is 83.8 cm³/mol. The van der Waals surface area contributed by atoms with Crippen molar-refractivity contribution >= 4 is 23.2 Å². The smallest absolute Gasteiger partial charge is 0.239 e. The van der Waals surface area contributed by atoms with Gasteiger partial charge in [0.05, 0.1) is 5.69 Å². The lowest BCUT2D eigenvalue weighted by atomic mass is 9.90. The Bertz CT molecular complexity index is 774. The average Bonchev–Trinajstić information content (AvgIpc) is 2.52. The summed E-state index contributed by atoms with van der Waals surface area (Å²) >= 11 is 0. The summed E-state index contributed by atoms with van der Waals surface area (Å²) in [5, 5.41) is 4.73. The molecule has 0 atom stereocenters. The fourth-order valence-electron chi connectivity index (χ4n) is 1.79. The third kappa shape index (κ3) is 3.92. The summed E-state index contributed by atoms with van der Waals surface area (Å²) < 4.78 is 39.3. The first-order valence-corrected chi connectivity index (χ1v) is 7.03.